The third kappa shape index (κ3) is 2.05. The van der Waals surface area contributed by atoms with Crippen molar-refractivity contribution in [3.05, 3.63) is 35.2 Å². The average molecular weight is 229 g/mol. The molecule has 0 saturated heterocycles. The van der Waals surface area contributed by atoms with Gasteiger partial charge in [-0.1, -0.05) is 12.1 Å². The number of rotatable bonds is 2. The van der Waals surface area contributed by atoms with Gasteiger partial charge >= 0.3 is 0 Å². The van der Waals surface area contributed by atoms with Gasteiger partial charge in [-0.15, -0.1) is 11.3 Å². The predicted octanol–water partition coefficient (Wildman–Crippen LogP) is 2.75. The molecule has 16 heavy (non-hydrogen) atoms. The molecule has 0 amide bonds. The van der Waals surface area contributed by atoms with E-state index in [1.54, 1.807) is 11.3 Å². The quantitative estimate of drug-likeness (QED) is 0.795. The number of thiazole rings is 1. The van der Waals surface area contributed by atoms with E-state index < -0.39 is 0 Å². The van der Waals surface area contributed by atoms with Crippen LogP contribution in [0.5, 0.6) is 0 Å². The topological polar surface area (TPSA) is 39.9 Å². The molecule has 0 atom stereocenters. The number of aromatic nitrogens is 1. The number of nitrogens with zero attached hydrogens (tertiary/aromatic N) is 3. The number of benzene rings is 1. The zero-order valence-electron chi connectivity index (χ0n) is 9.14. The van der Waals surface area contributed by atoms with Crippen LogP contribution >= 0.6 is 11.3 Å². The normalized spacial score (nSPS) is 9.81. The summed E-state index contributed by atoms with van der Waals surface area (Å²) in [4.78, 5) is 6.48. The molecule has 1 aromatic carbocycles. The fraction of sp³-hybridized carbons (Fsp3) is 0.167. The summed E-state index contributed by atoms with van der Waals surface area (Å²) in [7, 11) is 3.95. The monoisotopic (exact) mass is 229 g/mol. The second-order valence-electron chi connectivity index (χ2n) is 3.60. The Morgan fingerprint density at radius 3 is 2.44 bits per heavy atom. The Labute approximate surface area is 98.6 Å². The molecule has 0 radical (unpaired) electrons. The van der Waals surface area contributed by atoms with Crippen molar-refractivity contribution in [2.45, 2.75) is 0 Å². The molecule has 80 valence electrons. The van der Waals surface area contributed by atoms with E-state index in [2.05, 4.69) is 11.1 Å². The van der Waals surface area contributed by atoms with E-state index in [1.807, 2.05) is 48.6 Å². The van der Waals surface area contributed by atoms with Crippen molar-refractivity contribution in [1.82, 2.24) is 4.98 Å². The van der Waals surface area contributed by atoms with Crippen molar-refractivity contribution in [3.8, 4) is 17.3 Å². The molecule has 0 unspecified atom stereocenters. The maximum absolute atomic E-state index is 8.71. The smallest absolute Gasteiger partial charge is 0.185 e. The number of hydrogen-bond donors (Lipinski definition) is 0. The molecule has 0 aliphatic rings. The molecule has 3 nitrogen and oxygen atoms in total. The lowest BCUT2D eigenvalue weighted by atomic mass is 10.1. The van der Waals surface area contributed by atoms with E-state index in [0.29, 0.717) is 5.56 Å². The van der Waals surface area contributed by atoms with Gasteiger partial charge in [-0.2, -0.15) is 5.26 Å². The van der Waals surface area contributed by atoms with Gasteiger partial charge in [0.15, 0.2) is 5.13 Å². The standard InChI is InChI=1S/C12H11N3S/c1-15(2)12-14-11(8-16-12)10-5-3-9(7-13)4-6-10/h3-6,8H,1-2H3. The molecular formula is C12H11N3S. The zero-order chi connectivity index (χ0) is 11.5. The van der Waals surface area contributed by atoms with Crippen LogP contribution in [0.2, 0.25) is 0 Å². The maximum Gasteiger partial charge on any atom is 0.185 e. The van der Waals surface area contributed by atoms with Crippen molar-refractivity contribution in [2.75, 3.05) is 19.0 Å². The SMILES string of the molecule is CN(C)c1nc(-c2ccc(C#N)cc2)cs1. The van der Waals surface area contributed by atoms with Crippen LogP contribution in [0.25, 0.3) is 11.3 Å². The Morgan fingerprint density at radius 2 is 1.94 bits per heavy atom. The first-order valence-corrected chi connectivity index (χ1v) is 5.72. The van der Waals surface area contributed by atoms with Crippen molar-refractivity contribution in [1.29, 1.82) is 5.26 Å². The lowest BCUT2D eigenvalue weighted by Gasteiger charge is -2.05. The lowest BCUT2D eigenvalue weighted by Crippen LogP contribution is -2.07. The van der Waals surface area contributed by atoms with Gasteiger partial charge in [0, 0.05) is 25.0 Å². The van der Waals surface area contributed by atoms with E-state index in [1.165, 1.54) is 0 Å². The van der Waals surface area contributed by atoms with Crippen LogP contribution in [0.3, 0.4) is 0 Å². The molecule has 0 aliphatic carbocycles. The molecule has 4 heteroatoms. The Bertz CT molecular complexity index is 520. The summed E-state index contributed by atoms with van der Waals surface area (Å²) in [6.45, 7) is 0. The van der Waals surface area contributed by atoms with Crippen LogP contribution in [0, 0.1) is 11.3 Å². The fourth-order valence-corrected chi connectivity index (χ4v) is 2.09. The highest BCUT2D eigenvalue weighted by Gasteiger charge is 2.05. The van der Waals surface area contributed by atoms with Crippen LogP contribution in [-0.2, 0) is 0 Å². The first-order valence-electron chi connectivity index (χ1n) is 4.84. The summed E-state index contributed by atoms with van der Waals surface area (Å²) in [6, 6.07) is 9.57. The van der Waals surface area contributed by atoms with Crippen LogP contribution < -0.4 is 4.90 Å². The maximum atomic E-state index is 8.71. The second-order valence-corrected chi connectivity index (χ2v) is 4.44. The highest BCUT2D eigenvalue weighted by atomic mass is 32.1. The van der Waals surface area contributed by atoms with Crippen molar-refractivity contribution >= 4 is 16.5 Å². The van der Waals surface area contributed by atoms with E-state index in [0.717, 1.165) is 16.4 Å². The third-order valence-corrected chi connectivity index (χ3v) is 3.19. The first kappa shape index (κ1) is 10.7. The van der Waals surface area contributed by atoms with Crippen LogP contribution in [-0.4, -0.2) is 19.1 Å². The highest BCUT2D eigenvalue weighted by molar-refractivity contribution is 7.14. The third-order valence-electron chi connectivity index (χ3n) is 2.18. The molecule has 1 heterocycles. The van der Waals surface area contributed by atoms with Gasteiger partial charge in [-0.25, -0.2) is 4.98 Å². The average Bonchev–Trinajstić information content (AvgIpc) is 2.78. The van der Waals surface area contributed by atoms with Crippen LogP contribution in [0.1, 0.15) is 5.56 Å². The number of hydrogen-bond acceptors (Lipinski definition) is 4. The molecule has 2 rings (SSSR count). The highest BCUT2D eigenvalue weighted by Crippen LogP contribution is 2.26. The summed E-state index contributed by atoms with van der Waals surface area (Å²) in [5, 5.41) is 11.7. The summed E-state index contributed by atoms with van der Waals surface area (Å²) in [5.74, 6) is 0. The van der Waals surface area contributed by atoms with E-state index >= 15 is 0 Å². The number of anilines is 1. The molecule has 0 saturated carbocycles. The molecule has 0 fully saturated rings. The summed E-state index contributed by atoms with van der Waals surface area (Å²) in [6.07, 6.45) is 0. The minimum Gasteiger partial charge on any atom is -0.354 e. The summed E-state index contributed by atoms with van der Waals surface area (Å²) < 4.78 is 0. The molecule has 2 aromatic rings. The van der Waals surface area contributed by atoms with Crippen molar-refractivity contribution in [3.63, 3.8) is 0 Å². The van der Waals surface area contributed by atoms with Gasteiger partial charge in [-0.3, -0.25) is 0 Å². The van der Waals surface area contributed by atoms with Crippen molar-refractivity contribution in [2.24, 2.45) is 0 Å². The molecule has 1 aromatic heterocycles. The Hall–Kier alpha value is -1.86. The fourth-order valence-electron chi connectivity index (χ4n) is 1.32. The number of nitriles is 1. The second kappa shape index (κ2) is 4.33. The minimum absolute atomic E-state index is 0.673. The Kier molecular flexibility index (Phi) is 2.88. The molecule has 0 bridgehead atoms. The van der Waals surface area contributed by atoms with Gasteiger partial charge in [-0.05, 0) is 12.1 Å². The van der Waals surface area contributed by atoms with Crippen LogP contribution in [0.4, 0.5) is 5.13 Å². The van der Waals surface area contributed by atoms with Gasteiger partial charge in [0.25, 0.3) is 0 Å². The van der Waals surface area contributed by atoms with E-state index in [4.69, 9.17) is 5.26 Å². The largest absolute Gasteiger partial charge is 0.354 e. The van der Waals surface area contributed by atoms with Crippen LogP contribution in [0.15, 0.2) is 29.6 Å². The van der Waals surface area contributed by atoms with Gasteiger partial charge in [0.1, 0.15) is 0 Å². The molecular weight excluding hydrogens is 218 g/mol. The summed E-state index contributed by atoms with van der Waals surface area (Å²) >= 11 is 1.61. The molecule has 0 N–H and O–H groups in total. The predicted molar refractivity (Wildman–Crippen MR) is 66.6 cm³/mol. The Morgan fingerprint density at radius 1 is 1.25 bits per heavy atom. The van der Waals surface area contributed by atoms with Crippen molar-refractivity contribution < 1.29 is 0 Å². The minimum atomic E-state index is 0.673. The van der Waals surface area contributed by atoms with E-state index in [-0.39, 0.29) is 0 Å². The Balaban J connectivity index is 2.32. The van der Waals surface area contributed by atoms with Gasteiger partial charge in [0.05, 0.1) is 17.3 Å². The molecule has 0 spiro atoms. The van der Waals surface area contributed by atoms with E-state index in [9.17, 15) is 0 Å². The first-order chi connectivity index (χ1) is 7.70. The summed E-state index contributed by atoms with van der Waals surface area (Å²) in [5.41, 5.74) is 2.67. The van der Waals surface area contributed by atoms with Gasteiger partial charge in [0.2, 0.25) is 0 Å². The zero-order valence-corrected chi connectivity index (χ0v) is 9.95. The van der Waals surface area contributed by atoms with Gasteiger partial charge < -0.3 is 4.90 Å². The molecule has 0 aliphatic heterocycles. The lowest BCUT2D eigenvalue weighted by molar-refractivity contribution is 1.11.